The molecule has 3 aliphatic rings. The maximum absolute atomic E-state index is 13.7. The number of rotatable bonds is 15. The first-order valence-corrected chi connectivity index (χ1v) is 19.6. The van der Waals surface area contributed by atoms with Gasteiger partial charge in [-0.1, -0.05) is 54.4 Å². The molecule has 3 fully saturated rings. The minimum Gasteiger partial charge on any atom is -0.434 e. The number of nitrogens with one attached hydrogen (secondary N) is 1. The summed E-state index contributed by atoms with van der Waals surface area (Å²) in [6, 6.07) is 0.266. The van der Waals surface area contributed by atoms with Crippen LogP contribution in [0.5, 0.6) is 0 Å². The molecule has 5 rings (SSSR count). The molecule has 2 aliphatic heterocycles. The quantitative estimate of drug-likeness (QED) is 0.0857. The highest BCUT2D eigenvalue weighted by molar-refractivity contribution is 7.53. The molecule has 4 atom stereocenters. The van der Waals surface area contributed by atoms with Crippen LogP contribution in [0.1, 0.15) is 87.3 Å². The van der Waals surface area contributed by atoms with Crippen LogP contribution >= 0.6 is 19.2 Å². The number of imidazole rings is 1. The normalized spacial score (nSPS) is 23.3. The van der Waals surface area contributed by atoms with Crippen molar-refractivity contribution in [2.24, 2.45) is 10.8 Å². The molecular formula is C33H51ClN5O13P. The first-order chi connectivity index (χ1) is 24.8. The summed E-state index contributed by atoms with van der Waals surface area (Å²) >= 11 is 6.38. The molecule has 2 saturated heterocycles. The first kappa shape index (κ1) is 41.3. The molecule has 2 aromatic rings. The Bertz CT molecular complexity index is 1580. The van der Waals surface area contributed by atoms with E-state index >= 15 is 0 Å². The van der Waals surface area contributed by atoms with Crippen LogP contribution in [0.3, 0.4) is 0 Å². The summed E-state index contributed by atoms with van der Waals surface area (Å²) in [6.07, 6.45) is 0.462. The molecule has 20 heteroatoms. The van der Waals surface area contributed by atoms with E-state index in [2.05, 4.69) is 20.3 Å². The van der Waals surface area contributed by atoms with Gasteiger partial charge >= 0.3 is 19.9 Å². The lowest BCUT2D eigenvalue weighted by Crippen LogP contribution is -2.33. The number of carbonyl (C=O) groups is 2. The van der Waals surface area contributed by atoms with Gasteiger partial charge < -0.3 is 43.2 Å². The number of fused-ring (bicyclic) bond motifs is 2. The van der Waals surface area contributed by atoms with E-state index in [1.807, 2.05) is 41.5 Å². The number of halogens is 1. The maximum Gasteiger partial charge on any atom is 0.510 e. The van der Waals surface area contributed by atoms with Crippen molar-refractivity contribution in [1.82, 2.24) is 19.5 Å². The average Bonchev–Trinajstić information content (AvgIpc) is 3.83. The first-order valence-electron chi connectivity index (χ1n) is 17.5. The monoisotopic (exact) mass is 791 g/mol. The second-order valence-corrected chi connectivity index (χ2v) is 18.3. The van der Waals surface area contributed by atoms with Gasteiger partial charge in [-0.15, -0.1) is 0 Å². The number of anilines is 1. The molecule has 2 aromatic heterocycles. The third-order valence-corrected chi connectivity index (χ3v) is 9.78. The van der Waals surface area contributed by atoms with E-state index in [1.54, 1.807) is 24.7 Å². The summed E-state index contributed by atoms with van der Waals surface area (Å²) in [7, 11) is -4.23. The summed E-state index contributed by atoms with van der Waals surface area (Å²) in [6.45, 7) is 13.2. The number of nitrogens with zero attached hydrogens (tertiary/aromatic N) is 4. The summed E-state index contributed by atoms with van der Waals surface area (Å²) in [5, 5.41) is 3.50. The van der Waals surface area contributed by atoms with Crippen molar-refractivity contribution < 1.29 is 61.1 Å². The Morgan fingerprint density at radius 1 is 0.943 bits per heavy atom. The van der Waals surface area contributed by atoms with Gasteiger partial charge in [-0.25, -0.2) is 14.6 Å². The highest BCUT2D eigenvalue weighted by atomic mass is 35.5. The van der Waals surface area contributed by atoms with Gasteiger partial charge in [0.25, 0.3) is 0 Å². The van der Waals surface area contributed by atoms with Crippen LogP contribution in [0.15, 0.2) is 6.33 Å². The van der Waals surface area contributed by atoms with Gasteiger partial charge in [0.05, 0.1) is 26.1 Å². The van der Waals surface area contributed by atoms with E-state index in [0.717, 1.165) is 25.7 Å². The van der Waals surface area contributed by atoms with E-state index < -0.39 is 70.2 Å². The van der Waals surface area contributed by atoms with Crippen molar-refractivity contribution in [1.29, 1.82) is 0 Å². The van der Waals surface area contributed by atoms with Crippen molar-refractivity contribution in [3.05, 3.63) is 11.6 Å². The van der Waals surface area contributed by atoms with Gasteiger partial charge in [-0.05, 0) is 49.1 Å². The number of carbonyl (C=O) groups excluding carboxylic acids is 2. The fraction of sp³-hybridized carbons (Fsp3) is 0.788. The lowest BCUT2D eigenvalue weighted by molar-refractivity contribution is -0.201. The Balaban J connectivity index is 1.24. The van der Waals surface area contributed by atoms with E-state index in [9.17, 15) is 14.2 Å². The number of aromatic nitrogens is 4. The average molecular weight is 792 g/mol. The predicted molar refractivity (Wildman–Crippen MR) is 188 cm³/mol. The third kappa shape index (κ3) is 11.8. The Labute approximate surface area is 313 Å². The highest BCUT2D eigenvalue weighted by Crippen LogP contribution is 2.49. The minimum atomic E-state index is -4.23. The van der Waals surface area contributed by atoms with Crippen molar-refractivity contribution in [3.63, 3.8) is 0 Å². The lowest BCUT2D eigenvalue weighted by atomic mass is 9.99. The van der Waals surface area contributed by atoms with Crippen LogP contribution in [-0.4, -0.2) is 102 Å². The fourth-order valence-corrected chi connectivity index (χ4v) is 6.94. The molecule has 53 heavy (non-hydrogen) atoms. The Morgan fingerprint density at radius 2 is 1.53 bits per heavy atom. The molecule has 4 heterocycles. The van der Waals surface area contributed by atoms with Gasteiger partial charge in [0.1, 0.15) is 24.7 Å². The lowest BCUT2D eigenvalue weighted by Gasteiger charge is -2.25. The Morgan fingerprint density at radius 3 is 2.11 bits per heavy atom. The van der Waals surface area contributed by atoms with Crippen LogP contribution in [0.25, 0.3) is 11.2 Å². The van der Waals surface area contributed by atoms with E-state index in [4.69, 9.17) is 58.5 Å². The van der Waals surface area contributed by atoms with Gasteiger partial charge in [0.2, 0.25) is 18.9 Å². The van der Waals surface area contributed by atoms with Crippen LogP contribution in [0.2, 0.25) is 5.28 Å². The number of hydrogen-bond donors (Lipinski definition) is 1. The zero-order chi connectivity index (χ0) is 38.6. The molecule has 0 aromatic carbocycles. The van der Waals surface area contributed by atoms with Crippen molar-refractivity contribution in [3.8, 4) is 0 Å². The van der Waals surface area contributed by atoms with E-state index in [0.29, 0.717) is 17.0 Å². The smallest absolute Gasteiger partial charge is 0.434 e. The van der Waals surface area contributed by atoms with Crippen LogP contribution in [0, 0.1) is 10.8 Å². The summed E-state index contributed by atoms with van der Waals surface area (Å²) < 4.78 is 70.8. The van der Waals surface area contributed by atoms with Gasteiger partial charge in [-0.2, -0.15) is 9.97 Å². The molecule has 0 bridgehead atoms. The zero-order valence-electron chi connectivity index (χ0n) is 31.5. The van der Waals surface area contributed by atoms with Gasteiger partial charge in [0.15, 0.2) is 29.0 Å². The minimum absolute atomic E-state index is 0.0479. The Hall–Kier alpha value is -2.83. The van der Waals surface area contributed by atoms with Gasteiger partial charge in [-0.3, -0.25) is 18.2 Å². The number of hydrogen-bond acceptors (Lipinski definition) is 17. The fourth-order valence-electron chi connectivity index (χ4n) is 5.79. The largest absolute Gasteiger partial charge is 0.510 e. The van der Waals surface area contributed by atoms with Crippen molar-refractivity contribution in [2.45, 2.75) is 117 Å². The molecule has 0 radical (unpaired) electrons. The zero-order valence-corrected chi connectivity index (χ0v) is 33.1. The van der Waals surface area contributed by atoms with Crippen molar-refractivity contribution in [2.75, 3.05) is 45.1 Å². The molecular weight excluding hydrogens is 741 g/mol. The summed E-state index contributed by atoms with van der Waals surface area (Å²) in [5.41, 5.74) is 0.353. The van der Waals surface area contributed by atoms with Gasteiger partial charge in [0, 0.05) is 6.04 Å². The molecule has 0 amide bonds. The van der Waals surface area contributed by atoms with Crippen LogP contribution in [-0.2, 0) is 51.5 Å². The van der Waals surface area contributed by atoms with E-state index in [-0.39, 0.29) is 42.0 Å². The topological polar surface area (TPSA) is 199 Å². The van der Waals surface area contributed by atoms with Crippen LogP contribution < -0.4 is 5.32 Å². The maximum atomic E-state index is 13.7. The molecule has 1 aliphatic carbocycles. The van der Waals surface area contributed by atoms with Crippen molar-refractivity contribution >= 4 is 48.5 Å². The number of ether oxygens (including phenoxy) is 8. The SMILES string of the molecule is CC(C)(C)COC(=O)OCOP(=O)(COC[C@H]1O[C@@H](n2cnc3c(NC4CCCC4)nc(Cl)nc32)[C@@H]2OC(C)(C)O[C@@H]21)OCOC(=O)OCC(C)(C)C. The van der Waals surface area contributed by atoms with E-state index in [1.165, 1.54) is 0 Å². The second kappa shape index (κ2) is 16.9. The summed E-state index contributed by atoms with van der Waals surface area (Å²) in [4.78, 5) is 37.6. The molecule has 1 saturated carbocycles. The second-order valence-electron chi connectivity index (χ2n) is 16.0. The molecule has 298 valence electrons. The summed E-state index contributed by atoms with van der Waals surface area (Å²) in [5.74, 6) is -0.426. The molecule has 18 nitrogen and oxygen atoms in total. The molecule has 1 N–H and O–H groups in total. The molecule has 0 unspecified atom stereocenters. The van der Waals surface area contributed by atoms with Crippen LogP contribution in [0.4, 0.5) is 15.4 Å². The molecule has 0 spiro atoms. The standard InChI is InChI=1S/C33H51ClN5O13P/c1-31(2,3)14-44-29(40)46-17-48-53(42,49-18-47-30(41)45-15-32(4,5)6)19-43-13-21-23-24(52-33(7,8)51-23)27(50-21)39-16-35-22-25(36-20-11-9-10-12-20)37-28(34)38-26(22)39/h16,20-21,23-24,27H,9-15,17-19H2,1-8H3,(H,36,37,38)/t21-,23-,24-,27-/m1/s1. The Kier molecular flexibility index (Phi) is 13.2. The highest BCUT2D eigenvalue weighted by Gasteiger charge is 2.56. The third-order valence-electron chi connectivity index (χ3n) is 8.12. The predicted octanol–water partition coefficient (Wildman–Crippen LogP) is 6.77.